The second kappa shape index (κ2) is 25.7. The summed E-state index contributed by atoms with van der Waals surface area (Å²) in [7, 11) is -10.1. The molecule has 1 amide bonds. The number of carbonyl (C=O) groups excluding carboxylic acids is 1. The molecule has 0 radical (unpaired) electrons. The molecule has 25 nitrogen and oxygen atoms in total. The van der Waals surface area contributed by atoms with E-state index in [2.05, 4.69) is 15.3 Å². The van der Waals surface area contributed by atoms with Gasteiger partial charge in [0.05, 0.1) is 70.5 Å². The summed E-state index contributed by atoms with van der Waals surface area (Å²) in [6, 6.07) is 15.3. The number of carbonyl (C=O) groups is 1. The van der Waals surface area contributed by atoms with Gasteiger partial charge in [-0.15, -0.1) is 0 Å². The fourth-order valence-corrected chi connectivity index (χ4v) is 13.4. The number of nitrogens with one attached hydrogen (secondary N) is 3. The van der Waals surface area contributed by atoms with Crippen molar-refractivity contribution in [1.82, 2.24) is 24.4 Å². The van der Waals surface area contributed by atoms with E-state index in [-0.39, 0.29) is 43.2 Å². The van der Waals surface area contributed by atoms with Crippen molar-refractivity contribution in [3.8, 4) is 18.2 Å². The van der Waals surface area contributed by atoms with E-state index >= 15 is 4.57 Å². The number of rotatable bonds is 24. The highest BCUT2D eigenvalue weighted by molar-refractivity contribution is 7.53. The Labute approximate surface area is 460 Å². The average molecular weight is 1160 g/mol. The molecular weight excluding hydrogens is 1090 g/mol. The van der Waals surface area contributed by atoms with Gasteiger partial charge in [0.1, 0.15) is 29.1 Å². The number of aromatic nitrogens is 4. The van der Waals surface area contributed by atoms with E-state index in [0.717, 1.165) is 14.7 Å². The minimum atomic E-state index is -4.99. The number of nitrogens with zero attached hydrogens (tertiary/aromatic N) is 5. The van der Waals surface area contributed by atoms with Gasteiger partial charge >= 0.3 is 26.8 Å². The van der Waals surface area contributed by atoms with Crippen LogP contribution in [0, 0.1) is 58.7 Å². The summed E-state index contributed by atoms with van der Waals surface area (Å²) >= 11 is 0. The Bertz CT molecular complexity index is 3180. The van der Waals surface area contributed by atoms with Gasteiger partial charge in [0.2, 0.25) is 5.91 Å². The summed E-state index contributed by atoms with van der Waals surface area (Å²) in [5.41, 5.74) is -15.2. The Kier molecular flexibility index (Phi) is 21.5. The molecule has 3 aromatic rings. The van der Waals surface area contributed by atoms with Crippen LogP contribution in [0.25, 0.3) is 6.08 Å². The third kappa shape index (κ3) is 13.7. The van der Waals surface area contributed by atoms with Crippen LogP contribution in [0.1, 0.15) is 105 Å². The molecule has 2 aromatic heterocycles. The van der Waals surface area contributed by atoms with E-state index in [1.54, 1.807) is 47.4 Å². The molecule has 1 aromatic carbocycles. The molecule has 0 aliphatic carbocycles. The second-order valence-corrected chi connectivity index (χ2v) is 25.9. The third-order valence-electron chi connectivity index (χ3n) is 15.4. The maximum Gasteiger partial charge on any atom is 0.475 e. The highest BCUT2D eigenvalue weighted by Crippen LogP contribution is 2.70. The Morgan fingerprint density at radius 2 is 1.19 bits per heavy atom. The van der Waals surface area contributed by atoms with E-state index in [0.29, 0.717) is 13.0 Å². The van der Waals surface area contributed by atoms with Gasteiger partial charge in [-0.25, -0.2) is 14.2 Å². The second-order valence-electron chi connectivity index (χ2n) is 20.9. The van der Waals surface area contributed by atoms with Crippen LogP contribution in [0.15, 0.2) is 68.0 Å². The van der Waals surface area contributed by atoms with Crippen LogP contribution >= 0.6 is 23.8 Å². The van der Waals surface area contributed by atoms with E-state index < -0.39 is 111 Å². The summed E-state index contributed by atoms with van der Waals surface area (Å²) in [4.78, 5) is 67.6. The van der Waals surface area contributed by atoms with Crippen LogP contribution in [-0.4, -0.2) is 106 Å². The summed E-state index contributed by atoms with van der Waals surface area (Å²) in [6.07, 6.45) is 5.75. The molecule has 28 heteroatoms. The standard InChI is InChI=1S/C37H56N6O14P2.C14H17N2O3P/c1-24-20-42(28(47)40-26(24)45)36(11)30(3,4)34(9,32(7,22-44)54-36)57-59(50,52-19-15-17-39)53-23-33(8)35(10,56-58(13,49)51-18-14-16-38)31(5,6)37(12,55-33)43-21-25(2)27(46)41-29(43)48;1-20(18-11-5-10-15)19-12-16-14(17)9-8-13-6-3-2-4-7-13/h20-21,44H,14-15,18-19,22-23H2,1-13H3,(H,40,45,47)(H,41,46,48);2-4,6-9H,5,11-12H2,1H3,(H,16,17)/b;9-8+/t32-,33-,34-,35-,36-,37-,58?,59?;/m1./s1. The molecule has 3 unspecified atom stereocenters. The molecule has 2 fully saturated rings. The molecule has 2 saturated heterocycles. The van der Waals surface area contributed by atoms with Crippen LogP contribution in [0.2, 0.25) is 0 Å². The smallest absolute Gasteiger partial charge is 0.393 e. The predicted octanol–water partition coefficient (Wildman–Crippen LogP) is 6.69. The number of aromatic amines is 2. The number of amides is 1. The molecule has 4 N–H and O–H groups in total. The quantitative estimate of drug-likeness (QED) is 0.0314. The predicted molar refractivity (Wildman–Crippen MR) is 290 cm³/mol. The number of nitriles is 3. The molecule has 4 heterocycles. The van der Waals surface area contributed by atoms with Gasteiger partial charge in [-0.2, -0.15) is 15.8 Å². The fraction of sp³-hybridized carbons (Fsp3) is 0.608. The van der Waals surface area contributed by atoms with Crippen LogP contribution in [0.4, 0.5) is 0 Å². The molecule has 79 heavy (non-hydrogen) atoms. The maximum absolute atomic E-state index is 15.2. The highest BCUT2D eigenvalue weighted by atomic mass is 31.2. The minimum absolute atomic E-state index is 0.0900. The van der Waals surface area contributed by atoms with Crippen molar-refractivity contribution in [1.29, 1.82) is 15.8 Å². The van der Waals surface area contributed by atoms with E-state index in [9.17, 15) is 38.9 Å². The minimum Gasteiger partial charge on any atom is -0.393 e. The van der Waals surface area contributed by atoms with Gasteiger partial charge in [-0.05, 0) is 67.0 Å². The van der Waals surface area contributed by atoms with Gasteiger partial charge in [0, 0.05) is 53.8 Å². The summed E-state index contributed by atoms with van der Waals surface area (Å²) in [5.74, 6) is -0.228. The van der Waals surface area contributed by atoms with Crippen molar-refractivity contribution in [3.05, 3.63) is 107 Å². The van der Waals surface area contributed by atoms with Crippen LogP contribution in [-0.2, 0) is 66.5 Å². The number of benzene rings is 1. The van der Waals surface area contributed by atoms with Crippen molar-refractivity contribution < 1.29 is 60.2 Å². The van der Waals surface area contributed by atoms with Crippen LogP contribution in [0.3, 0.4) is 0 Å². The topological polar surface area (TPSA) is 348 Å². The number of phosphoric ester groups is 1. The van der Waals surface area contributed by atoms with Crippen molar-refractivity contribution in [2.75, 3.05) is 53.1 Å². The van der Waals surface area contributed by atoms with Gasteiger partial charge in [-0.1, -0.05) is 58.0 Å². The lowest BCUT2D eigenvalue weighted by Gasteiger charge is -2.48. The SMILES string of the molecule is CP(OCCC#N)OCNC(=O)/C=C/c1ccccc1.Cc1cn([C@]2(C)O[C@](C)(COP(=O)(OCCC#N)O[C@]3(C)C(C)(C)[C@](C)(n4cc(C)c(=O)[nH]c4=O)O[C@]3(C)CO)[C@](C)(OP(C)(=O)OCCC#N)C2(C)C)c(=O)[nH]c1=O. The van der Waals surface area contributed by atoms with Crippen LogP contribution in [0.5, 0.6) is 0 Å². The van der Waals surface area contributed by atoms with Crippen molar-refractivity contribution in [3.63, 3.8) is 0 Å². The molecule has 0 spiro atoms. The number of hydrogen-bond acceptors (Lipinski definition) is 20. The van der Waals surface area contributed by atoms with E-state index in [1.807, 2.05) is 48.5 Å². The molecule has 2 aliphatic heterocycles. The Balaban J connectivity index is 0.000000564. The summed E-state index contributed by atoms with van der Waals surface area (Å²) in [5, 5.41) is 40.4. The van der Waals surface area contributed by atoms with E-state index in [4.69, 9.17) is 51.7 Å². The summed E-state index contributed by atoms with van der Waals surface area (Å²) < 4.78 is 85.7. The first-order valence-corrected chi connectivity index (χ1v) is 30.0. The molecule has 0 bridgehead atoms. The van der Waals surface area contributed by atoms with Gasteiger partial charge in [-0.3, -0.25) is 56.1 Å². The first-order chi connectivity index (χ1) is 36.6. The number of H-pyrrole nitrogens is 2. The lowest BCUT2D eigenvalue weighted by Crippen LogP contribution is -2.60. The monoisotopic (exact) mass is 1160 g/mol. The lowest BCUT2D eigenvalue weighted by atomic mass is 9.65. The van der Waals surface area contributed by atoms with Gasteiger partial charge in [0.25, 0.3) is 11.1 Å². The van der Waals surface area contributed by atoms with Crippen molar-refractivity contribution >= 4 is 35.8 Å². The van der Waals surface area contributed by atoms with Gasteiger partial charge in [0.15, 0.2) is 19.8 Å². The first kappa shape index (κ1) is 66.3. The number of phosphoric acid groups is 1. The molecule has 5 rings (SSSR count). The number of aliphatic hydroxyl groups is 1. The molecule has 2 aliphatic rings. The Morgan fingerprint density at radius 3 is 1.68 bits per heavy atom. The highest BCUT2D eigenvalue weighted by Gasteiger charge is 2.76. The molecular formula is C51H73N8O17P3. The van der Waals surface area contributed by atoms with Gasteiger partial charge < -0.3 is 33.5 Å². The molecule has 0 saturated carbocycles. The third-order valence-corrected chi connectivity index (χ3v) is 19.3. The zero-order chi connectivity index (χ0) is 59.7. The Morgan fingerprint density at radius 1 is 0.722 bits per heavy atom. The number of aliphatic hydroxyl groups excluding tert-OH is 1. The number of hydrogen-bond donors (Lipinski definition) is 4. The number of ether oxygens (including phenoxy) is 2. The number of aryl methyl sites for hydroxylation is 2. The fourth-order valence-electron chi connectivity index (χ4n) is 9.35. The molecule has 434 valence electrons. The summed E-state index contributed by atoms with van der Waals surface area (Å²) in [6.45, 7) is 19.8. The largest absolute Gasteiger partial charge is 0.475 e. The molecule has 9 atom stereocenters. The first-order valence-electron chi connectivity index (χ1n) is 24.9. The van der Waals surface area contributed by atoms with E-state index in [1.165, 1.54) is 73.6 Å². The zero-order valence-corrected chi connectivity index (χ0v) is 49.8. The van der Waals surface area contributed by atoms with Crippen molar-refractivity contribution in [2.24, 2.45) is 10.8 Å². The normalized spacial score (nSPS) is 27.8. The lowest BCUT2D eigenvalue weighted by molar-refractivity contribution is -0.187. The van der Waals surface area contributed by atoms with Crippen molar-refractivity contribution in [2.45, 2.75) is 136 Å². The zero-order valence-electron chi connectivity index (χ0n) is 47.1. The van der Waals surface area contributed by atoms with Crippen LogP contribution < -0.4 is 27.8 Å². The average Bonchev–Trinajstić information content (AvgIpc) is 3.87. The maximum atomic E-state index is 15.2. The Hall–Kier alpha value is -5.25.